The maximum absolute atomic E-state index is 13.4. The van der Waals surface area contributed by atoms with E-state index in [1.165, 1.54) is 36.1 Å². The first-order valence-corrected chi connectivity index (χ1v) is 11.7. The molecule has 1 N–H and O–H groups in total. The van der Waals surface area contributed by atoms with Crippen molar-refractivity contribution in [2.75, 3.05) is 32.1 Å². The van der Waals surface area contributed by atoms with E-state index in [4.69, 9.17) is 4.74 Å². The number of aromatic nitrogens is 1. The molecule has 10 heteroatoms. The second-order valence-corrected chi connectivity index (χ2v) is 9.79. The number of rotatable bonds is 6. The zero-order valence-electron chi connectivity index (χ0n) is 18.5. The van der Waals surface area contributed by atoms with Crippen LogP contribution in [0, 0.1) is 6.92 Å². The first-order chi connectivity index (χ1) is 15.2. The van der Waals surface area contributed by atoms with Crippen molar-refractivity contribution in [1.29, 1.82) is 0 Å². The lowest BCUT2D eigenvalue weighted by Crippen LogP contribution is -2.55. The van der Waals surface area contributed by atoms with Gasteiger partial charge in [-0.3, -0.25) is 14.4 Å². The van der Waals surface area contributed by atoms with E-state index in [1.54, 1.807) is 23.1 Å². The van der Waals surface area contributed by atoms with Gasteiger partial charge in [-0.1, -0.05) is 29.7 Å². The Balaban J connectivity index is 1.84. The predicted octanol–water partition coefficient (Wildman–Crippen LogP) is 3.43. The van der Waals surface area contributed by atoms with Gasteiger partial charge in [0, 0.05) is 37.5 Å². The van der Waals surface area contributed by atoms with E-state index in [0.717, 1.165) is 14.7 Å². The van der Waals surface area contributed by atoms with Crippen LogP contribution in [-0.2, 0) is 9.59 Å². The third kappa shape index (κ3) is 5.31. The molecule has 3 amide bonds. The third-order valence-electron chi connectivity index (χ3n) is 5.08. The lowest BCUT2D eigenvalue weighted by atomic mass is 10.1. The topological polar surface area (TPSA) is 91.8 Å². The Hall–Kier alpha value is -2.85. The van der Waals surface area contributed by atoms with Crippen LogP contribution in [0.3, 0.4) is 0 Å². The Labute approximate surface area is 195 Å². The number of carbonyl (C=O) groups excluding carboxylic acids is 3. The molecule has 0 bridgehead atoms. The van der Waals surface area contributed by atoms with E-state index in [0.29, 0.717) is 36.1 Å². The minimum atomic E-state index is -0.173. The van der Waals surface area contributed by atoms with Gasteiger partial charge >= 0.3 is 0 Å². The second-order valence-electron chi connectivity index (χ2n) is 7.42. The zero-order valence-corrected chi connectivity index (χ0v) is 20.1. The molecule has 0 aliphatic carbocycles. The summed E-state index contributed by atoms with van der Waals surface area (Å²) in [5, 5.41) is 3.21. The summed E-state index contributed by atoms with van der Waals surface area (Å²) >= 11 is 2.85. The number of anilines is 1. The van der Waals surface area contributed by atoms with Crippen molar-refractivity contribution >= 4 is 46.0 Å². The van der Waals surface area contributed by atoms with Crippen LogP contribution >= 0.6 is 23.1 Å². The van der Waals surface area contributed by atoms with Gasteiger partial charge in [0.25, 0.3) is 5.91 Å². The molecule has 0 saturated carbocycles. The number of methoxy groups -OCH3 is 1. The molecule has 1 saturated heterocycles. The van der Waals surface area contributed by atoms with Gasteiger partial charge in [0.05, 0.1) is 23.1 Å². The zero-order chi connectivity index (χ0) is 23.4. The normalized spacial score (nSPS) is 15.9. The maximum atomic E-state index is 13.4. The number of hydrogen-bond acceptors (Lipinski definition) is 7. The molecule has 1 unspecified atom stereocenters. The molecule has 3 rings (SSSR count). The van der Waals surface area contributed by atoms with Crippen molar-refractivity contribution in [3.8, 4) is 5.75 Å². The molecule has 8 nitrogen and oxygen atoms in total. The Bertz CT molecular complexity index is 1050. The average molecular weight is 475 g/mol. The van der Waals surface area contributed by atoms with Crippen LogP contribution in [-0.4, -0.2) is 65.3 Å². The summed E-state index contributed by atoms with van der Waals surface area (Å²) in [6.07, 6.45) is 3.00. The molecular formula is C22H26N4O4S2. The van der Waals surface area contributed by atoms with E-state index in [-0.39, 0.29) is 23.8 Å². The monoisotopic (exact) mass is 474 g/mol. The number of aryl methyl sites for hydroxylation is 1. The fourth-order valence-electron chi connectivity index (χ4n) is 3.47. The smallest absolute Gasteiger partial charge is 0.258 e. The van der Waals surface area contributed by atoms with Crippen LogP contribution in [0.25, 0.3) is 0 Å². The molecule has 0 spiro atoms. The molecular weight excluding hydrogens is 448 g/mol. The Morgan fingerprint density at radius 2 is 2.09 bits per heavy atom. The maximum Gasteiger partial charge on any atom is 0.258 e. The summed E-state index contributed by atoms with van der Waals surface area (Å²) in [6, 6.07) is 3.56. The summed E-state index contributed by atoms with van der Waals surface area (Å²) in [5.74, 6) is 0.0780. The molecule has 2 heterocycles. The van der Waals surface area contributed by atoms with E-state index in [9.17, 15) is 14.4 Å². The number of benzene rings is 1. The molecule has 1 fully saturated rings. The van der Waals surface area contributed by atoms with Crippen LogP contribution in [0.5, 0.6) is 5.75 Å². The number of nitrogens with one attached hydrogen (secondary N) is 1. The number of piperazine rings is 1. The van der Waals surface area contributed by atoms with Crippen LogP contribution in [0.4, 0.5) is 5.13 Å². The molecule has 1 aromatic heterocycles. The molecule has 1 aliphatic heterocycles. The number of thiazole rings is 1. The fraction of sp³-hybridized carbons (Fsp3) is 0.364. The summed E-state index contributed by atoms with van der Waals surface area (Å²) in [7, 11) is 1.55. The number of ether oxygens (including phenoxy) is 1. The van der Waals surface area contributed by atoms with Gasteiger partial charge in [-0.15, -0.1) is 0 Å². The van der Waals surface area contributed by atoms with E-state index in [1.807, 2.05) is 26.0 Å². The highest BCUT2D eigenvalue weighted by Crippen LogP contribution is 2.38. The van der Waals surface area contributed by atoms with Gasteiger partial charge in [0.15, 0.2) is 5.13 Å². The fourth-order valence-corrected chi connectivity index (χ4v) is 5.46. The highest BCUT2D eigenvalue weighted by Gasteiger charge is 2.31. The van der Waals surface area contributed by atoms with E-state index >= 15 is 0 Å². The molecule has 170 valence electrons. The quantitative estimate of drug-likeness (QED) is 0.645. The van der Waals surface area contributed by atoms with Crippen LogP contribution in [0.1, 0.15) is 29.8 Å². The predicted molar refractivity (Wildman–Crippen MR) is 126 cm³/mol. The summed E-state index contributed by atoms with van der Waals surface area (Å²) in [6.45, 7) is 10.2. The summed E-state index contributed by atoms with van der Waals surface area (Å²) < 4.78 is 6.41. The number of nitrogens with zero attached hydrogens (tertiary/aromatic N) is 3. The van der Waals surface area contributed by atoms with Crippen LogP contribution in [0.2, 0.25) is 0 Å². The van der Waals surface area contributed by atoms with Crippen molar-refractivity contribution in [3.05, 3.63) is 42.1 Å². The number of hydrogen-bond donors (Lipinski definition) is 1. The van der Waals surface area contributed by atoms with Crippen molar-refractivity contribution in [2.24, 2.45) is 0 Å². The lowest BCUT2D eigenvalue weighted by molar-refractivity contribution is -0.128. The Morgan fingerprint density at radius 3 is 2.72 bits per heavy atom. The minimum Gasteiger partial charge on any atom is -0.496 e. The highest BCUT2D eigenvalue weighted by atomic mass is 32.2. The SMILES string of the molecule is C=CC(=O)N1CCN(C(=O)c2cc(Sc3cnc(NC(C)=O)s3)c(C)cc2OC)C(C)C1. The Morgan fingerprint density at radius 1 is 1.34 bits per heavy atom. The molecule has 1 aromatic carbocycles. The Kier molecular flexibility index (Phi) is 7.57. The number of amides is 3. The highest BCUT2D eigenvalue weighted by molar-refractivity contribution is 8.01. The number of carbonyl (C=O) groups is 3. The molecule has 1 aliphatic rings. The molecule has 0 radical (unpaired) electrons. The average Bonchev–Trinajstić information content (AvgIpc) is 3.19. The minimum absolute atomic E-state index is 0.126. The molecule has 2 aromatic rings. The van der Waals surface area contributed by atoms with Gasteiger partial charge in [-0.25, -0.2) is 4.98 Å². The lowest BCUT2D eigenvalue weighted by Gasteiger charge is -2.39. The van der Waals surface area contributed by atoms with Gasteiger partial charge in [-0.2, -0.15) is 0 Å². The third-order valence-corrected chi connectivity index (χ3v) is 7.25. The van der Waals surface area contributed by atoms with Crippen molar-refractivity contribution in [2.45, 2.75) is 35.9 Å². The molecule has 1 atom stereocenters. The van der Waals surface area contributed by atoms with Crippen molar-refractivity contribution < 1.29 is 19.1 Å². The van der Waals surface area contributed by atoms with E-state index < -0.39 is 0 Å². The summed E-state index contributed by atoms with van der Waals surface area (Å²) in [4.78, 5) is 45.2. The summed E-state index contributed by atoms with van der Waals surface area (Å²) in [5.41, 5.74) is 1.44. The first kappa shape index (κ1) is 23.8. The van der Waals surface area contributed by atoms with Gasteiger partial charge < -0.3 is 19.9 Å². The first-order valence-electron chi connectivity index (χ1n) is 10.1. The van der Waals surface area contributed by atoms with Crippen molar-refractivity contribution in [1.82, 2.24) is 14.8 Å². The van der Waals surface area contributed by atoms with Crippen LogP contribution in [0.15, 0.2) is 40.1 Å². The second kappa shape index (κ2) is 10.2. The molecule has 32 heavy (non-hydrogen) atoms. The van der Waals surface area contributed by atoms with Crippen LogP contribution < -0.4 is 10.1 Å². The van der Waals surface area contributed by atoms with Crippen molar-refractivity contribution in [3.63, 3.8) is 0 Å². The van der Waals surface area contributed by atoms with Gasteiger partial charge in [0.1, 0.15) is 5.75 Å². The standard InChI is InChI=1S/C22H26N4O4S2/c1-6-19(28)25-7-8-26(14(3)12-25)21(29)16-10-18(13(2)9-17(16)30-5)31-20-11-23-22(32-20)24-15(4)27/h6,9-11,14H,1,7-8,12H2,2-5H3,(H,23,24,27). The largest absolute Gasteiger partial charge is 0.496 e. The van der Waals surface area contributed by atoms with E-state index in [2.05, 4.69) is 16.9 Å². The van der Waals surface area contributed by atoms with Gasteiger partial charge in [0.2, 0.25) is 11.8 Å². The van der Waals surface area contributed by atoms with Gasteiger partial charge in [-0.05, 0) is 37.6 Å².